The fourth-order valence-corrected chi connectivity index (χ4v) is 2.97. The van der Waals surface area contributed by atoms with E-state index in [1.807, 2.05) is 47.5 Å². The summed E-state index contributed by atoms with van der Waals surface area (Å²) in [6.45, 7) is 0.819. The van der Waals surface area contributed by atoms with Gasteiger partial charge in [0.1, 0.15) is 0 Å². The van der Waals surface area contributed by atoms with Crippen molar-refractivity contribution in [3.05, 3.63) is 59.4 Å². The molecular formula is C16H17ClN2O. The Hall–Kier alpha value is -1.74. The monoisotopic (exact) mass is 288 g/mol. The zero-order chi connectivity index (χ0) is 13.9. The van der Waals surface area contributed by atoms with Crippen LogP contribution >= 0.6 is 11.6 Å². The average molecular weight is 289 g/mol. The van der Waals surface area contributed by atoms with Crippen LogP contribution in [0.1, 0.15) is 40.5 Å². The van der Waals surface area contributed by atoms with Gasteiger partial charge in [-0.15, -0.1) is 11.6 Å². The van der Waals surface area contributed by atoms with Crippen LogP contribution in [-0.2, 0) is 5.88 Å². The Kier molecular flexibility index (Phi) is 3.79. The molecule has 0 aliphatic carbocycles. The third-order valence-corrected chi connectivity index (χ3v) is 4.16. The zero-order valence-corrected chi connectivity index (χ0v) is 11.9. The topological polar surface area (TPSA) is 36.1 Å². The lowest BCUT2D eigenvalue weighted by Gasteiger charge is -2.24. The summed E-state index contributed by atoms with van der Waals surface area (Å²) in [6, 6.07) is 11.8. The lowest BCUT2D eigenvalue weighted by Crippen LogP contribution is -2.30. The maximum atomic E-state index is 12.6. The number of nitrogens with zero attached hydrogens (tertiary/aromatic N) is 1. The second-order valence-corrected chi connectivity index (χ2v) is 5.38. The van der Waals surface area contributed by atoms with Crippen molar-refractivity contribution in [1.29, 1.82) is 0 Å². The fourth-order valence-electron chi connectivity index (χ4n) is 2.79. The average Bonchev–Trinajstić information content (AvgIpc) is 3.16. The number of amides is 1. The largest absolute Gasteiger partial charge is 0.363 e. The molecule has 0 bridgehead atoms. The van der Waals surface area contributed by atoms with Gasteiger partial charge >= 0.3 is 0 Å². The lowest BCUT2D eigenvalue weighted by molar-refractivity contribution is 0.0733. The summed E-state index contributed by atoms with van der Waals surface area (Å²) < 4.78 is 0. The number of nitrogens with one attached hydrogen (secondary N) is 1. The molecule has 1 aromatic heterocycles. The first-order valence-electron chi connectivity index (χ1n) is 6.89. The molecule has 0 saturated carbocycles. The number of carbonyl (C=O) groups excluding carboxylic acids is 1. The van der Waals surface area contributed by atoms with Crippen molar-refractivity contribution in [2.45, 2.75) is 24.8 Å². The van der Waals surface area contributed by atoms with Crippen molar-refractivity contribution < 1.29 is 4.79 Å². The number of alkyl halides is 1. The minimum Gasteiger partial charge on any atom is -0.363 e. The molecule has 1 aliphatic rings. The van der Waals surface area contributed by atoms with Gasteiger partial charge in [-0.1, -0.05) is 12.1 Å². The summed E-state index contributed by atoms with van der Waals surface area (Å²) in [4.78, 5) is 17.8. The first kappa shape index (κ1) is 13.3. The molecule has 2 aromatic rings. The zero-order valence-electron chi connectivity index (χ0n) is 11.2. The molecule has 1 atom stereocenters. The number of carbonyl (C=O) groups is 1. The molecule has 0 radical (unpaired) electrons. The summed E-state index contributed by atoms with van der Waals surface area (Å²) in [5.41, 5.74) is 2.89. The molecule has 1 aliphatic heterocycles. The smallest absolute Gasteiger partial charge is 0.254 e. The molecule has 20 heavy (non-hydrogen) atoms. The minimum atomic E-state index is 0.100. The number of aromatic amines is 1. The van der Waals surface area contributed by atoms with Crippen molar-refractivity contribution >= 4 is 17.5 Å². The Labute approximate surface area is 123 Å². The number of hydrogen-bond donors (Lipinski definition) is 1. The van der Waals surface area contributed by atoms with Crippen LogP contribution in [0.5, 0.6) is 0 Å². The highest BCUT2D eigenvalue weighted by Gasteiger charge is 2.30. The van der Waals surface area contributed by atoms with Crippen LogP contribution in [0.4, 0.5) is 0 Å². The molecular weight excluding hydrogens is 272 g/mol. The molecule has 1 aromatic carbocycles. The lowest BCUT2D eigenvalue weighted by atomic mass is 10.1. The van der Waals surface area contributed by atoms with Crippen molar-refractivity contribution in [1.82, 2.24) is 9.88 Å². The van der Waals surface area contributed by atoms with Gasteiger partial charge in [0.25, 0.3) is 5.91 Å². The Balaban J connectivity index is 1.81. The molecule has 2 heterocycles. The number of rotatable bonds is 3. The van der Waals surface area contributed by atoms with Crippen LogP contribution in [-0.4, -0.2) is 22.3 Å². The minimum absolute atomic E-state index is 0.100. The molecule has 1 amide bonds. The van der Waals surface area contributed by atoms with Crippen molar-refractivity contribution in [3.8, 4) is 0 Å². The Morgan fingerprint density at radius 2 is 2.10 bits per heavy atom. The van der Waals surface area contributed by atoms with E-state index in [1.165, 1.54) is 0 Å². The highest BCUT2D eigenvalue weighted by atomic mass is 35.5. The summed E-state index contributed by atoms with van der Waals surface area (Å²) in [5.74, 6) is 0.576. The van der Waals surface area contributed by atoms with E-state index >= 15 is 0 Å². The van der Waals surface area contributed by atoms with E-state index < -0.39 is 0 Å². The molecule has 3 rings (SSSR count). The van der Waals surface area contributed by atoms with Crippen molar-refractivity contribution in [2.24, 2.45) is 0 Å². The predicted molar refractivity (Wildman–Crippen MR) is 79.8 cm³/mol. The molecule has 1 N–H and O–H groups in total. The number of hydrogen-bond acceptors (Lipinski definition) is 1. The summed E-state index contributed by atoms with van der Waals surface area (Å²) in [7, 11) is 0. The maximum absolute atomic E-state index is 12.6. The highest BCUT2D eigenvalue weighted by molar-refractivity contribution is 6.17. The first-order chi connectivity index (χ1) is 9.79. The van der Waals surface area contributed by atoms with E-state index in [9.17, 15) is 4.79 Å². The fraction of sp³-hybridized carbons (Fsp3) is 0.312. The Morgan fingerprint density at radius 1 is 1.30 bits per heavy atom. The van der Waals surface area contributed by atoms with E-state index in [4.69, 9.17) is 11.6 Å². The quantitative estimate of drug-likeness (QED) is 0.858. The van der Waals surface area contributed by atoms with Gasteiger partial charge < -0.3 is 9.88 Å². The molecule has 1 unspecified atom stereocenters. The Morgan fingerprint density at radius 3 is 2.75 bits per heavy atom. The van der Waals surface area contributed by atoms with Gasteiger partial charge in [0, 0.05) is 29.9 Å². The van der Waals surface area contributed by atoms with Crippen LogP contribution in [0.15, 0.2) is 42.6 Å². The van der Waals surface area contributed by atoms with Gasteiger partial charge in [0.05, 0.1) is 6.04 Å². The second-order valence-electron chi connectivity index (χ2n) is 5.11. The number of halogens is 1. The summed E-state index contributed by atoms with van der Waals surface area (Å²) >= 11 is 5.78. The number of aromatic nitrogens is 1. The van der Waals surface area contributed by atoms with Gasteiger partial charge in [-0.2, -0.15) is 0 Å². The van der Waals surface area contributed by atoms with Gasteiger partial charge in [0.2, 0.25) is 0 Å². The number of H-pyrrole nitrogens is 1. The van der Waals surface area contributed by atoms with E-state index in [1.54, 1.807) is 0 Å². The third-order valence-electron chi connectivity index (χ3n) is 3.85. The van der Waals surface area contributed by atoms with Crippen LogP contribution in [0, 0.1) is 0 Å². The van der Waals surface area contributed by atoms with Crippen LogP contribution in [0.25, 0.3) is 0 Å². The molecule has 0 spiro atoms. The SMILES string of the molecule is O=C(c1ccc(CCl)cc1)N1CCCC1c1ccc[nH]1. The molecule has 1 saturated heterocycles. The summed E-state index contributed by atoms with van der Waals surface area (Å²) in [5, 5.41) is 0. The summed E-state index contributed by atoms with van der Waals surface area (Å²) in [6.07, 6.45) is 3.98. The number of likely N-dealkylation sites (tertiary alicyclic amines) is 1. The second kappa shape index (κ2) is 5.71. The standard InChI is InChI=1S/C16H17ClN2O/c17-11-12-5-7-13(8-6-12)16(20)19-10-2-4-15(19)14-3-1-9-18-14/h1,3,5-9,15,18H,2,4,10-11H2. The van der Waals surface area contributed by atoms with Crippen LogP contribution in [0.3, 0.4) is 0 Å². The first-order valence-corrected chi connectivity index (χ1v) is 7.42. The molecule has 104 valence electrons. The number of benzene rings is 1. The van der Waals surface area contributed by atoms with Gasteiger partial charge in [-0.25, -0.2) is 0 Å². The van der Waals surface area contributed by atoms with Gasteiger partial charge in [0.15, 0.2) is 0 Å². The normalized spacial score (nSPS) is 18.4. The molecule has 1 fully saturated rings. The maximum Gasteiger partial charge on any atom is 0.254 e. The van der Waals surface area contributed by atoms with Gasteiger partial charge in [-0.05, 0) is 42.7 Å². The van der Waals surface area contributed by atoms with Gasteiger partial charge in [-0.3, -0.25) is 4.79 Å². The van der Waals surface area contributed by atoms with E-state index in [2.05, 4.69) is 4.98 Å². The van der Waals surface area contributed by atoms with Crippen molar-refractivity contribution in [2.75, 3.05) is 6.54 Å². The molecule has 3 nitrogen and oxygen atoms in total. The predicted octanol–water partition coefficient (Wildman–Crippen LogP) is 3.73. The van der Waals surface area contributed by atoms with E-state index in [0.717, 1.165) is 36.2 Å². The van der Waals surface area contributed by atoms with E-state index in [0.29, 0.717) is 5.88 Å². The third kappa shape index (κ3) is 2.46. The van der Waals surface area contributed by atoms with Crippen molar-refractivity contribution in [3.63, 3.8) is 0 Å². The van der Waals surface area contributed by atoms with Crippen LogP contribution in [0.2, 0.25) is 0 Å². The van der Waals surface area contributed by atoms with E-state index in [-0.39, 0.29) is 11.9 Å². The highest BCUT2D eigenvalue weighted by Crippen LogP contribution is 2.32. The van der Waals surface area contributed by atoms with Crippen LogP contribution < -0.4 is 0 Å². The Bertz CT molecular complexity index is 577. The molecule has 4 heteroatoms.